The molecule has 1 atom stereocenters. The van der Waals surface area contributed by atoms with Crippen LogP contribution in [0.25, 0.3) is 0 Å². The van der Waals surface area contributed by atoms with E-state index in [0.717, 1.165) is 18.5 Å². The molecule has 0 saturated heterocycles. The maximum absolute atomic E-state index is 12.2. The Kier molecular flexibility index (Phi) is 7.25. The van der Waals surface area contributed by atoms with Gasteiger partial charge in [-0.1, -0.05) is 31.5 Å². The summed E-state index contributed by atoms with van der Waals surface area (Å²) in [5.74, 6) is -1.28. The van der Waals surface area contributed by atoms with Crippen LogP contribution in [0.4, 0.5) is 10.5 Å². The van der Waals surface area contributed by atoms with E-state index in [1.54, 1.807) is 4.90 Å². The molecule has 0 spiro atoms. The molecule has 0 fully saturated rings. The molecule has 1 aromatic rings. The summed E-state index contributed by atoms with van der Waals surface area (Å²) in [6, 6.07) is 9.00. The lowest BCUT2D eigenvalue weighted by molar-refractivity contribution is -0.146. The Balaban J connectivity index is 2.58. The molecule has 3 N–H and O–H groups in total. The predicted octanol–water partition coefficient (Wildman–Crippen LogP) is 1.84. The number of carbonyl (C=O) groups excluding carboxylic acids is 1. The average Bonchev–Trinajstić information content (AvgIpc) is 2.48. The van der Waals surface area contributed by atoms with Crippen LogP contribution < -0.4 is 10.2 Å². The Labute approximate surface area is 124 Å². The maximum atomic E-state index is 12.2. The van der Waals surface area contributed by atoms with Gasteiger partial charge in [-0.25, -0.2) is 9.59 Å². The highest BCUT2D eigenvalue weighted by molar-refractivity contribution is 5.91. The highest BCUT2D eigenvalue weighted by Crippen LogP contribution is 2.14. The van der Waals surface area contributed by atoms with E-state index in [2.05, 4.69) is 5.32 Å². The van der Waals surface area contributed by atoms with Crippen molar-refractivity contribution in [2.75, 3.05) is 18.0 Å². The molecule has 0 aliphatic carbocycles. The summed E-state index contributed by atoms with van der Waals surface area (Å²) in [6.07, 6.45) is 0.373. The van der Waals surface area contributed by atoms with Gasteiger partial charge in [0.1, 0.15) is 0 Å². The zero-order chi connectivity index (χ0) is 15.7. The predicted molar refractivity (Wildman–Crippen MR) is 80.4 cm³/mol. The molecule has 21 heavy (non-hydrogen) atoms. The van der Waals surface area contributed by atoms with E-state index in [-0.39, 0.29) is 19.0 Å². The number of aliphatic hydroxyl groups is 1. The number of hydrogen-bond donors (Lipinski definition) is 3. The van der Waals surface area contributed by atoms with Gasteiger partial charge in [-0.2, -0.15) is 0 Å². The van der Waals surface area contributed by atoms with Gasteiger partial charge in [-0.05, 0) is 18.6 Å². The first-order valence-electron chi connectivity index (χ1n) is 7.07. The Morgan fingerprint density at radius 2 is 1.95 bits per heavy atom. The number of nitrogens with zero attached hydrogens (tertiary/aromatic N) is 1. The van der Waals surface area contributed by atoms with Gasteiger partial charge in [0.05, 0.1) is 0 Å². The van der Waals surface area contributed by atoms with Crippen LogP contribution in [0.5, 0.6) is 0 Å². The Bertz CT molecular complexity index is 450. The summed E-state index contributed by atoms with van der Waals surface area (Å²) in [5, 5.41) is 20.4. The molecule has 2 amide bonds. The smallest absolute Gasteiger partial charge is 0.332 e. The average molecular weight is 294 g/mol. The SMILES string of the molecule is CCCCN(C(=O)NCC[C@H](O)C(=O)O)c1ccccc1. The molecule has 0 unspecified atom stereocenters. The molecular formula is C15H22N2O4. The summed E-state index contributed by atoms with van der Waals surface area (Å²) in [6.45, 7) is 2.75. The van der Waals surface area contributed by atoms with Gasteiger partial charge in [0.25, 0.3) is 0 Å². The van der Waals surface area contributed by atoms with Gasteiger partial charge in [0.2, 0.25) is 0 Å². The van der Waals surface area contributed by atoms with E-state index >= 15 is 0 Å². The van der Waals surface area contributed by atoms with E-state index < -0.39 is 12.1 Å². The summed E-state index contributed by atoms with van der Waals surface area (Å²) in [5.41, 5.74) is 0.794. The lowest BCUT2D eigenvalue weighted by Gasteiger charge is -2.23. The largest absolute Gasteiger partial charge is 0.479 e. The number of carbonyl (C=O) groups is 2. The number of para-hydroxylation sites is 1. The molecule has 116 valence electrons. The number of nitrogens with one attached hydrogen (secondary N) is 1. The van der Waals surface area contributed by atoms with Crippen molar-refractivity contribution in [3.63, 3.8) is 0 Å². The number of carboxylic acids is 1. The van der Waals surface area contributed by atoms with Crippen molar-refractivity contribution in [3.05, 3.63) is 30.3 Å². The topological polar surface area (TPSA) is 89.9 Å². The van der Waals surface area contributed by atoms with E-state index in [1.165, 1.54) is 0 Å². The van der Waals surface area contributed by atoms with Crippen molar-refractivity contribution in [1.82, 2.24) is 5.32 Å². The van der Waals surface area contributed by atoms with Crippen molar-refractivity contribution in [2.45, 2.75) is 32.3 Å². The number of unbranched alkanes of at least 4 members (excludes halogenated alkanes) is 1. The Morgan fingerprint density at radius 1 is 1.29 bits per heavy atom. The second-order valence-corrected chi connectivity index (χ2v) is 4.72. The third-order valence-electron chi connectivity index (χ3n) is 3.03. The molecule has 0 aliphatic rings. The van der Waals surface area contributed by atoms with Crippen LogP contribution >= 0.6 is 0 Å². The number of urea groups is 1. The summed E-state index contributed by atoms with van der Waals surface area (Å²) >= 11 is 0. The third-order valence-corrected chi connectivity index (χ3v) is 3.03. The van der Waals surface area contributed by atoms with Crippen LogP contribution in [-0.4, -0.2) is 41.4 Å². The van der Waals surface area contributed by atoms with Gasteiger partial charge in [-0.3, -0.25) is 4.90 Å². The number of anilines is 1. The minimum atomic E-state index is -1.45. The Morgan fingerprint density at radius 3 is 2.52 bits per heavy atom. The number of aliphatic hydroxyl groups excluding tert-OH is 1. The van der Waals surface area contributed by atoms with Crippen molar-refractivity contribution < 1.29 is 19.8 Å². The lowest BCUT2D eigenvalue weighted by Crippen LogP contribution is -2.42. The molecule has 0 radical (unpaired) electrons. The summed E-state index contributed by atoms with van der Waals surface area (Å²) in [4.78, 5) is 24.3. The maximum Gasteiger partial charge on any atom is 0.332 e. The molecule has 1 rings (SSSR count). The summed E-state index contributed by atoms with van der Waals surface area (Å²) < 4.78 is 0. The number of aliphatic carboxylic acids is 1. The normalized spacial score (nSPS) is 11.7. The van der Waals surface area contributed by atoms with Gasteiger partial charge in [-0.15, -0.1) is 0 Å². The number of carboxylic acid groups (broad SMARTS) is 1. The zero-order valence-electron chi connectivity index (χ0n) is 12.2. The molecule has 6 nitrogen and oxygen atoms in total. The van der Waals surface area contributed by atoms with Crippen LogP contribution in [0, 0.1) is 0 Å². The van der Waals surface area contributed by atoms with Crippen molar-refractivity contribution in [2.24, 2.45) is 0 Å². The lowest BCUT2D eigenvalue weighted by atomic mass is 10.2. The molecule has 0 aliphatic heterocycles. The van der Waals surface area contributed by atoms with Crippen molar-refractivity contribution >= 4 is 17.7 Å². The van der Waals surface area contributed by atoms with E-state index in [0.29, 0.717) is 6.54 Å². The van der Waals surface area contributed by atoms with Crippen LogP contribution in [0.3, 0.4) is 0 Å². The fraction of sp³-hybridized carbons (Fsp3) is 0.467. The molecule has 0 bridgehead atoms. The van der Waals surface area contributed by atoms with E-state index in [9.17, 15) is 14.7 Å². The Hall–Kier alpha value is -2.08. The standard InChI is InChI=1S/C15H22N2O4/c1-2-3-11-17(12-7-5-4-6-8-12)15(21)16-10-9-13(18)14(19)20/h4-8,13,18H,2-3,9-11H2,1H3,(H,16,21)(H,19,20)/t13-/m0/s1. The first kappa shape index (κ1) is 17.0. The highest BCUT2D eigenvalue weighted by atomic mass is 16.4. The first-order chi connectivity index (χ1) is 10.1. The zero-order valence-corrected chi connectivity index (χ0v) is 12.2. The second-order valence-electron chi connectivity index (χ2n) is 4.72. The van der Waals surface area contributed by atoms with E-state index in [4.69, 9.17) is 5.11 Å². The van der Waals surface area contributed by atoms with Crippen LogP contribution in [0.15, 0.2) is 30.3 Å². The molecule has 1 aromatic carbocycles. The fourth-order valence-electron chi connectivity index (χ4n) is 1.81. The van der Waals surface area contributed by atoms with Crippen molar-refractivity contribution in [1.29, 1.82) is 0 Å². The third kappa shape index (κ3) is 5.83. The van der Waals surface area contributed by atoms with Gasteiger partial charge >= 0.3 is 12.0 Å². The number of benzene rings is 1. The van der Waals surface area contributed by atoms with Crippen LogP contribution in [0.1, 0.15) is 26.2 Å². The number of rotatable bonds is 8. The molecule has 6 heteroatoms. The van der Waals surface area contributed by atoms with Gasteiger partial charge < -0.3 is 15.5 Å². The van der Waals surface area contributed by atoms with E-state index in [1.807, 2.05) is 37.3 Å². The number of amides is 2. The van der Waals surface area contributed by atoms with Crippen LogP contribution in [0.2, 0.25) is 0 Å². The summed E-state index contributed by atoms with van der Waals surface area (Å²) in [7, 11) is 0. The minimum absolute atomic E-state index is 0.0164. The van der Waals surface area contributed by atoms with Gasteiger partial charge in [0, 0.05) is 25.2 Å². The van der Waals surface area contributed by atoms with Crippen LogP contribution in [-0.2, 0) is 4.79 Å². The highest BCUT2D eigenvalue weighted by Gasteiger charge is 2.16. The minimum Gasteiger partial charge on any atom is -0.479 e. The monoisotopic (exact) mass is 294 g/mol. The van der Waals surface area contributed by atoms with Gasteiger partial charge in [0.15, 0.2) is 6.10 Å². The molecule has 0 saturated carbocycles. The quantitative estimate of drug-likeness (QED) is 0.682. The first-order valence-corrected chi connectivity index (χ1v) is 7.07. The second kappa shape index (κ2) is 8.97. The number of hydrogen-bond acceptors (Lipinski definition) is 3. The van der Waals surface area contributed by atoms with Crippen molar-refractivity contribution in [3.8, 4) is 0 Å². The fourth-order valence-corrected chi connectivity index (χ4v) is 1.81. The molecule has 0 heterocycles. The molecule has 0 aromatic heterocycles. The molecular weight excluding hydrogens is 272 g/mol.